The van der Waals surface area contributed by atoms with E-state index in [1.54, 1.807) is 0 Å². The first-order valence-electron chi connectivity index (χ1n) is 6.04. The molecule has 16 heavy (non-hydrogen) atoms. The summed E-state index contributed by atoms with van der Waals surface area (Å²) in [6.45, 7) is 6.25. The fraction of sp³-hybridized carbons (Fsp3) is 0.500. The Morgan fingerprint density at radius 3 is 2.69 bits per heavy atom. The molecule has 0 aliphatic heterocycles. The van der Waals surface area contributed by atoms with E-state index >= 15 is 0 Å². The summed E-state index contributed by atoms with van der Waals surface area (Å²) in [5, 5.41) is 3.07. The van der Waals surface area contributed by atoms with E-state index in [2.05, 4.69) is 19.2 Å². The van der Waals surface area contributed by atoms with Crippen LogP contribution in [0.4, 0.5) is 0 Å². The van der Waals surface area contributed by atoms with Crippen LogP contribution in [0.5, 0.6) is 0 Å². The van der Waals surface area contributed by atoms with Crippen molar-refractivity contribution in [1.29, 1.82) is 0 Å². The quantitative estimate of drug-likeness (QED) is 0.808. The van der Waals surface area contributed by atoms with Gasteiger partial charge in [-0.2, -0.15) is 0 Å². The minimum atomic E-state index is 0.0454. The van der Waals surface area contributed by atoms with Crippen molar-refractivity contribution in [1.82, 2.24) is 5.32 Å². The van der Waals surface area contributed by atoms with Crippen LogP contribution in [0.25, 0.3) is 0 Å². The smallest absolute Gasteiger partial charge is 0.251 e. The van der Waals surface area contributed by atoms with E-state index < -0.39 is 0 Å². The highest BCUT2D eigenvalue weighted by Gasteiger charge is 2.10. The lowest BCUT2D eigenvalue weighted by Gasteiger charge is -2.16. The third-order valence-electron chi connectivity index (χ3n) is 2.75. The van der Waals surface area contributed by atoms with Crippen molar-refractivity contribution < 1.29 is 4.79 Å². The molecule has 2 heteroatoms. The Kier molecular flexibility index (Phi) is 5.03. The molecule has 0 aliphatic carbocycles. The van der Waals surface area contributed by atoms with Gasteiger partial charge in [-0.3, -0.25) is 4.79 Å². The van der Waals surface area contributed by atoms with Gasteiger partial charge in [-0.05, 0) is 31.9 Å². The van der Waals surface area contributed by atoms with Crippen LogP contribution in [0, 0.1) is 6.92 Å². The summed E-state index contributed by atoms with van der Waals surface area (Å²) in [7, 11) is 0. The maximum absolute atomic E-state index is 11.9. The monoisotopic (exact) mass is 219 g/mol. The normalized spacial score (nSPS) is 12.2. The van der Waals surface area contributed by atoms with Crippen LogP contribution in [0.2, 0.25) is 0 Å². The van der Waals surface area contributed by atoms with Crippen LogP contribution in [-0.2, 0) is 0 Å². The van der Waals surface area contributed by atoms with Gasteiger partial charge >= 0.3 is 0 Å². The van der Waals surface area contributed by atoms with Crippen molar-refractivity contribution in [3.8, 4) is 0 Å². The molecule has 1 atom stereocenters. The van der Waals surface area contributed by atoms with Crippen molar-refractivity contribution in [2.45, 2.75) is 46.1 Å². The van der Waals surface area contributed by atoms with Crippen LogP contribution in [0.3, 0.4) is 0 Å². The van der Waals surface area contributed by atoms with E-state index in [0.717, 1.165) is 30.4 Å². The first kappa shape index (κ1) is 12.8. The predicted molar refractivity (Wildman–Crippen MR) is 67.6 cm³/mol. The first-order valence-corrected chi connectivity index (χ1v) is 6.04. The van der Waals surface area contributed by atoms with E-state index in [-0.39, 0.29) is 5.91 Å². The third kappa shape index (κ3) is 3.69. The maximum Gasteiger partial charge on any atom is 0.251 e. The van der Waals surface area contributed by atoms with Gasteiger partial charge in [0.25, 0.3) is 5.91 Å². The number of hydrogen-bond donors (Lipinski definition) is 1. The molecular weight excluding hydrogens is 198 g/mol. The molecule has 2 nitrogen and oxygen atoms in total. The lowest BCUT2D eigenvalue weighted by Crippen LogP contribution is -2.34. The maximum atomic E-state index is 11.9. The lowest BCUT2D eigenvalue weighted by molar-refractivity contribution is 0.0933. The zero-order valence-electron chi connectivity index (χ0n) is 10.4. The number of hydrogen-bond acceptors (Lipinski definition) is 1. The number of carbonyl (C=O) groups is 1. The van der Waals surface area contributed by atoms with Gasteiger partial charge in [0.1, 0.15) is 0 Å². The molecule has 0 bridgehead atoms. The summed E-state index contributed by atoms with van der Waals surface area (Å²) < 4.78 is 0. The minimum Gasteiger partial charge on any atom is -0.349 e. The second-order valence-electron chi connectivity index (χ2n) is 4.24. The van der Waals surface area contributed by atoms with E-state index in [9.17, 15) is 4.79 Å². The van der Waals surface area contributed by atoms with Gasteiger partial charge in [0.05, 0.1) is 0 Å². The summed E-state index contributed by atoms with van der Waals surface area (Å²) >= 11 is 0. The molecule has 0 saturated carbocycles. The number of aryl methyl sites for hydroxylation is 1. The largest absolute Gasteiger partial charge is 0.349 e. The van der Waals surface area contributed by atoms with E-state index in [4.69, 9.17) is 0 Å². The molecule has 1 rings (SSSR count). The van der Waals surface area contributed by atoms with Crippen molar-refractivity contribution >= 4 is 5.91 Å². The van der Waals surface area contributed by atoms with Gasteiger partial charge in [-0.15, -0.1) is 0 Å². The number of benzene rings is 1. The molecule has 1 amide bonds. The van der Waals surface area contributed by atoms with E-state index in [1.165, 1.54) is 0 Å². The molecular formula is C14H21NO. The molecule has 0 aliphatic rings. The van der Waals surface area contributed by atoms with Crippen LogP contribution in [-0.4, -0.2) is 11.9 Å². The highest BCUT2D eigenvalue weighted by atomic mass is 16.1. The molecule has 0 radical (unpaired) electrons. The number of rotatable bonds is 5. The van der Waals surface area contributed by atoms with Crippen LogP contribution < -0.4 is 5.32 Å². The average Bonchev–Trinajstić information content (AvgIpc) is 2.28. The highest BCUT2D eigenvalue weighted by molar-refractivity contribution is 5.94. The van der Waals surface area contributed by atoms with Gasteiger partial charge in [-0.1, -0.05) is 38.0 Å². The Morgan fingerprint density at radius 2 is 2.12 bits per heavy atom. The predicted octanol–water partition coefficient (Wildman–Crippen LogP) is 3.30. The zero-order valence-corrected chi connectivity index (χ0v) is 10.4. The summed E-state index contributed by atoms with van der Waals surface area (Å²) in [4.78, 5) is 11.9. The van der Waals surface area contributed by atoms with Crippen LogP contribution >= 0.6 is 0 Å². The number of nitrogens with one attached hydrogen (secondary N) is 1. The average molecular weight is 219 g/mol. The highest BCUT2D eigenvalue weighted by Crippen LogP contribution is 2.06. The van der Waals surface area contributed by atoms with Gasteiger partial charge < -0.3 is 5.32 Å². The van der Waals surface area contributed by atoms with Crippen molar-refractivity contribution in [2.75, 3.05) is 0 Å². The lowest BCUT2D eigenvalue weighted by atomic mass is 10.1. The molecule has 88 valence electrons. The van der Waals surface area contributed by atoms with Crippen molar-refractivity contribution in [2.24, 2.45) is 0 Å². The summed E-state index contributed by atoms with van der Waals surface area (Å²) in [5.41, 5.74) is 1.88. The Hall–Kier alpha value is -1.31. The zero-order chi connectivity index (χ0) is 12.0. The second kappa shape index (κ2) is 6.31. The molecule has 0 heterocycles. The van der Waals surface area contributed by atoms with Crippen molar-refractivity contribution in [3.63, 3.8) is 0 Å². The number of amides is 1. The Labute approximate surface area is 98.1 Å². The SMILES string of the molecule is CCCC(CC)NC(=O)c1cccc(C)c1. The van der Waals surface area contributed by atoms with Crippen molar-refractivity contribution in [3.05, 3.63) is 35.4 Å². The summed E-state index contributed by atoms with van der Waals surface area (Å²) in [6.07, 6.45) is 3.14. The first-order chi connectivity index (χ1) is 7.67. The topological polar surface area (TPSA) is 29.1 Å². The number of carbonyl (C=O) groups excluding carboxylic acids is 1. The van der Waals surface area contributed by atoms with Crippen LogP contribution in [0.15, 0.2) is 24.3 Å². The molecule has 1 N–H and O–H groups in total. The molecule has 0 fully saturated rings. The summed E-state index contributed by atoms with van der Waals surface area (Å²) in [5.74, 6) is 0.0454. The molecule has 0 aromatic heterocycles. The molecule has 0 spiro atoms. The van der Waals surface area contributed by atoms with Gasteiger partial charge in [-0.25, -0.2) is 0 Å². The Balaban J connectivity index is 2.64. The Morgan fingerprint density at radius 1 is 1.38 bits per heavy atom. The van der Waals surface area contributed by atoms with E-state index in [0.29, 0.717) is 6.04 Å². The summed E-state index contributed by atoms with van der Waals surface area (Å²) in [6, 6.07) is 8.01. The van der Waals surface area contributed by atoms with Gasteiger partial charge in [0.2, 0.25) is 0 Å². The molecule has 1 aromatic rings. The Bertz CT molecular complexity index is 346. The third-order valence-corrected chi connectivity index (χ3v) is 2.75. The molecule has 1 unspecified atom stereocenters. The fourth-order valence-electron chi connectivity index (χ4n) is 1.78. The fourth-order valence-corrected chi connectivity index (χ4v) is 1.78. The van der Waals surface area contributed by atoms with Gasteiger partial charge in [0, 0.05) is 11.6 Å². The molecule has 0 saturated heterocycles. The van der Waals surface area contributed by atoms with E-state index in [1.807, 2.05) is 31.2 Å². The minimum absolute atomic E-state index is 0.0454. The second-order valence-corrected chi connectivity index (χ2v) is 4.24. The molecule has 1 aromatic carbocycles. The van der Waals surface area contributed by atoms with Crippen LogP contribution in [0.1, 0.15) is 49.0 Å². The standard InChI is InChI=1S/C14H21NO/c1-4-7-13(5-2)15-14(16)12-9-6-8-11(3)10-12/h6,8-10,13H,4-5,7H2,1-3H3,(H,15,16). The van der Waals surface area contributed by atoms with Gasteiger partial charge in [0.15, 0.2) is 0 Å².